The van der Waals surface area contributed by atoms with Crippen molar-refractivity contribution in [1.82, 2.24) is 20.1 Å². The fourth-order valence-electron chi connectivity index (χ4n) is 2.43. The molecule has 0 fully saturated rings. The molecule has 0 amide bonds. The second-order valence-electron chi connectivity index (χ2n) is 5.49. The summed E-state index contributed by atoms with van der Waals surface area (Å²) in [5, 5.41) is 8.14. The molecule has 1 N–H and O–H groups in total. The average Bonchev–Trinajstić information content (AvgIpc) is 2.86. The Morgan fingerprint density at radius 1 is 1.33 bits per heavy atom. The number of nitrogens with one attached hydrogen (secondary N) is 1. The maximum Gasteiger partial charge on any atom is 0.0702 e. The van der Waals surface area contributed by atoms with Crippen LogP contribution in [0.1, 0.15) is 50.5 Å². The summed E-state index contributed by atoms with van der Waals surface area (Å²) >= 11 is 3.65. The fraction of sp³-hybridized carbons (Fsp3) is 0.500. The molecule has 2 aromatic rings. The van der Waals surface area contributed by atoms with Crippen LogP contribution in [-0.4, -0.2) is 21.3 Å². The first-order valence-electron chi connectivity index (χ1n) is 7.48. The van der Waals surface area contributed by atoms with Crippen LogP contribution in [0.2, 0.25) is 0 Å². The highest BCUT2D eigenvalue weighted by Crippen LogP contribution is 2.28. The molecule has 114 valence electrons. The lowest BCUT2D eigenvalue weighted by Crippen LogP contribution is -2.27. The lowest BCUT2D eigenvalue weighted by atomic mass is 10.0. The molecule has 0 saturated heterocycles. The second-order valence-corrected chi connectivity index (χ2v) is 6.34. The van der Waals surface area contributed by atoms with Gasteiger partial charge in [-0.2, -0.15) is 5.10 Å². The van der Waals surface area contributed by atoms with E-state index < -0.39 is 0 Å². The SMILES string of the molecule is CCCNC(Cc1cccnc1)c1c(Br)cnn1C(C)C. The van der Waals surface area contributed by atoms with Gasteiger partial charge in [-0.25, -0.2) is 0 Å². The van der Waals surface area contributed by atoms with Crippen LogP contribution in [0, 0.1) is 0 Å². The van der Waals surface area contributed by atoms with Crippen LogP contribution in [0.15, 0.2) is 35.2 Å². The highest BCUT2D eigenvalue weighted by molar-refractivity contribution is 9.10. The van der Waals surface area contributed by atoms with Crippen molar-refractivity contribution in [3.63, 3.8) is 0 Å². The Bertz CT molecular complexity index is 551. The molecular weight excluding hydrogens is 328 g/mol. The van der Waals surface area contributed by atoms with Crippen LogP contribution >= 0.6 is 15.9 Å². The molecule has 1 unspecified atom stereocenters. The predicted molar refractivity (Wildman–Crippen MR) is 89.3 cm³/mol. The molecule has 2 heterocycles. The molecule has 4 nitrogen and oxygen atoms in total. The smallest absolute Gasteiger partial charge is 0.0702 e. The van der Waals surface area contributed by atoms with Crippen molar-refractivity contribution in [3.05, 3.63) is 46.5 Å². The maximum absolute atomic E-state index is 4.50. The summed E-state index contributed by atoms with van der Waals surface area (Å²) in [5.74, 6) is 0. The molecule has 0 radical (unpaired) electrons. The Morgan fingerprint density at radius 2 is 2.14 bits per heavy atom. The van der Waals surface area contributed by atoms with E-state index in [2.05, 4.69) is 62.8 Å². The molecule has 0 aliphatic carbocycles. The number of hydrogen-bond donors (Lipinski definition) is 1. The third-order valence-electron chi connectivity index (χ3n) is 3.41. The largest absolute Gasteiger partial charge is 0.308 e. The van der Waals surface area contributed by atoms with E-state index >= 15 is 0 Å². The third kappa shape index (κ3) is 4.14. The number of pyridine rings is 1. The molecule has 0 spiro atoms. The van der Waals surface area contributed by atoms with Crippen molar-refractivity contribution >= 4 is 15.9 Å². The summed E-state index contributed by atoms with van der Waals surface area (Å²) in [6.07, 6.45) is 7.65. The monoisotopic (exact) mass is 350 g/mol. The molecule has 2 rings (SSSR count). The minimum absolute atomic E-state index is 0.230. The Morgan fingerprint density at radius 3 is 2.76 bits per heavy atom. The molecular formula is C16H23BrN4. The molecule has 5 heteroatoms. The Balaban J connectivity index is 2.29. The van der Waals surface area contributed by atoms with Crippen LogP contribution in [0.3, 0.4) is 0 Å². The van der Waals surface area contributed by atoms with Gasteiger partial charge in [0.15, 0.2) is 0 Å². The van der Waals surface area contributed by atoms with Gasteiger partial charge < -0.3 is 5.32 Å². The van der Waals surface area contributed by atoms with Crippen molar-refractivity contribution in [2.75, 3.05) is 6.54 Å². The van der Waals surface area contributed by atoms with Gasteiger partial charge in [0.2, 0.25) is 0 Å². The zero-order valence-electron chi connectivity index (χ0n) is 12.9. The molecule has 1 atom stereocenters. The van der Waals surface area contributed by atoms with Gasteiger partial charge in [0.25, 0.3) is 0 Å². The van der Waals surface area contributed by atoms with Crippen LogP contribution in [0.4, 0.5) is 0 Å². The van der Waals surface area contributed by atoms with Gasteiger partial charge >= 0.3 is 0 Å². The van der Waals surface area contributed by atoms with Gasteiger partial charge in [0.1, 0.15) is 0 Å². The van der Waals surface area contributed by atoms with E-state index in [4.69, 9.17) is 0 Å². The molecule has 2 aromatic heterocycles. The Hall–Kier alpha value is -1.20. The first-order valence-corrected chi connectivity index (χ1v) is 8.28. The van der Waals surface area contributed by atoms with Crippen molar-refractivity contribution in [1.29, 1.82) is 0 Å². The number of nitrogens with zero attached hydrogens (tertiary/aromatic N) is 3. The van der Waals surface area contributed by atoms with Crippen LogP contribution in [0.5, 0.6) is 0 Å². The summed E-state index contributed by atoms with van der Waals surface area (Å²) < 4.78 is 3.15. The average molecular weight is 351 g/mol. The highest BCUT2D eigenvalue weighted by Gasteiger charge is 2.21. The first kappa shape index (κ1) is 16.2. The topological polar surface area (TPSA) is 42.7 Å². The summed E-state index contributed by atoms with van der Waals surface area (Å²) in [6, 6.07) is 4.68. The molecule has 0 saturated carbocycles. The van der Waals surface area contributed by atoms with Gasteiger partial charge in [-0.05, 0) is 60.8 Å². The number of halogens is 1. The standard InChI is InChI=1S/C16H23BrN4/c1-4-7-19-15(9-13-6-5-8-18-10-13)16-14(17)11-20-21(16)12(2)3/h5-6,8,10-12,15,19H,4,7,9H2,1-3H3. The zero-order valence-corrected chi connectivity index (χ0v) is 14.5. The van der Waals surface area contributed by atoms with E-state index in [9.17, 15) is 0 Å². The van der Waals surface area contributed by atoms with E-state index in [0.29, 0.717) is 6.04 Å². The van der Waals surface area contributed by atoms with Crippen molar-refractivity contribution in [2.24, 2.45) is 0 Å². The molecule has 0 aliphatic heterocycles. The summed E-state index contributed by atoms with van der Waals surface area (Å²) in [6.45, 7) is 7.48. The number of hydrogen-bond acceptors (Lipinski definition) is 3. The summed E-state index contributed by atoms with van der Waals surface area (Å²) in [5.41, 5.74) is 2.44. The van der Waals surface area contributed by atoms with E-state index in [1.165, 1.54) is 11.3 Å². The Labute approximate surface area is 135 Å². The van der Waals surface area contributed by atoms with Gasteiger partial charge in [-0.3, -0.25) is 9.67 Å². The second kappa shape index (κ2) is 7.71. The lowest BCUT2D eigenvalue weighted by molar-refractivity contribution is 0.440. The van der Waals surface area contributed by atoms with Gasteiger partial charge in [-0.15, -0.1) is 0 Å². The van der Waals surface area contributed by atoms with Crippen LogP contribution in [-0.2, 0) is 6.42 Å². The third-order valence-corrected chi connectivity index (χ3v) is 4.02. The molecule has 0 bridgehead atoms. The minimum atomic E-state index is 0.230. The summed E-state index contributed by atoms with van der Waals surface area (Å²) in [7, 11) is 0. The van der Waals surface area contributed by atoms with Gasteiger partial charge in [0.05, 0.1) is 22.4 Å². The lowest BCUT2D eigenvalue weighted by Gasteiger charge is -2.22. The van der Waals surface area contributed by atoms with Crippen molar-refractivity contribution < 1.29 is 0 Å². The fourth-order valence-corrected chi connectivity index (χ4v) is 2.98. The molecule has 21 heavy (non-hydrogen) atoms. The normalized spacial score (nSPS) is 12.8. The van der Waals surface area contributed by atoms with Crippen molar-refractivity contribution in [2.45, 2.75) is 45.7 Å². The maximum atomic E-state index is 4.50. The highest BCUT2D eigenvalue weighted by atomic mass is 79.9. The quantitative estimate of drug-likeness (QED) is 0.823. The van der Waals surface area contributed by atoms with E-state index in [-0.39, 0.29) is 6.04 Å². The number of aromatic nitrogens is 3. The van der Waals surface area contributed by atoms with E-state index in [1.807, 2.05) is 24.7 Å². The van der Waals surface area contributed by atoms with E-state index in [1.54, 1.807) is 0 Å². The number of rotatable bonds is 7. The van der Waals surface area contributed by atoms with Crippen molar-refractivity contribution in [3.8, 4) is 0 Å². The minimum Gasteiger partial charge on any atom is -0.308 e. The zero-order chi connectivity index (χ0) is 15.2. The van der Waals surface area contributed by atoms with Crippen LogP contribution < -0.4 is 5.32 Å². The van der Waals surface area contributed by atoms with E-state index in [0.717, 1.165) is 23.9 Å². The van der Waals surface area contributed by atoms with Crippen LogP contribution in [0.25, 0.3) is 0 Å². The predicted octanol–water partition coefficient (Wildman–Crippen LogP) is 3.90. The first-order chi connectivity index (χ1) is 10.1. The molecule has 0 aromatic carbocycles. The Kier molecular flexibility index (Phi) is 5.94. The summed E-state index contributed by atoms with van der Waals surface area (Å²) in [4.78, 5) is 4.22. The molecule has 0 aliphatic rings. The van der Waals surface area contributed by atoms with Gasteiger partial charge in [-0.1, -0.05) is 13.0 Å². The van der Waals surface area contributed by atoms with Gasteiger partial charge in [0, 0.05) is 18.4 Å².